The van der Waals surface area contributed by atoms with Crippen LogP contribution in [0.2, 0.25) is 5.02 Å². The topological polar surface area (TPSA) is 73.7 Å². The van der Waals surface area contributed by atoms with E-state index in [2.05, 4.69) is 42.6 Å². The third-order valence-electron chi connectivity index (χ3n) is 7.00. The number of anilines is 3. The molecular formula is C31H30ClN5O2. The molecule has 0 aliphatic carbocycles. The van der Waals surface area contributed by atoms with Gasteiger partial charge in [-0.1, -0.05) is 42.4 Å². The number of carbonyl (C=O) groups excluding carboxylic acids is 1. The van der Waals surface area contributed by atoms with Crippen molar-refractivity contribution in [3.63, 3.8) is 0 Å². The number of aliphatic imine (C=N–C) groups is 1. The summed E-state index contributed by atoms with van der Waals surface area (Å²) >= 11 is 6.30. The van der Waals surface area contributed by atoms with Gasteiger partial charge in [0.2, 0.25) is 0 Å². The van der Waals surface area contributed by atoms with E-state index in [1.54, 1.807) is 24.3 Å². The Bertz CT molecular complexity index is 1660. The summed E-state index contributed by atoms with van der Waals surface area (Å²) in [6.07, 6.45) is 0. The highest BCUT2D eigenvalue weighted by Crippen LogP contribution is 2.38. The zero-order valence-corrected chi connectivity index (χ0v) is 23.2. The van der Waals surface area contributed by atoms with Crippen molar-refractivity contribution in [2.45, 2.75) is 27.7 Å². The number of aromatic amines is 1. The lowest BCUT2D eigenvalue weighted by Gasteiger charge is -2.28. The summed E-state index contributed by atoms with van der Waals surface area (Å²) in [5.74, 6) is -0.0757. The number of hydrogen-bond acceptors (Lipinski definition) is 4. The molecule has 1 aromatic heterocycles. The van der Waals surface area contributed by atoms with Gasteiger partial charge in [0.1, 0.15) is 11.5 Å². The van der Waals surface area contributed by atoms with Crippen LogP contribution >= 0.6 is 11.6 Å². The van der Waals surface area contributed by atoms with Crippen LogP contribution < -0.4 is 15.4 Å². The molecule has 5 rings (SSSR count). The van der Waals surface area contributed by atoms with E-state index in [9.17, 15) is 9.59 Å². The Morgan fingerprint density at radius 2 is 1.56 bits per heavy atom. The summed E-state index contributed by atoms with van der Waals surface area (Å²) in [6.45, 7) is 14.2. The molecule has 2 heterocycles. The van der Waals surface area contributed by atoms with Crippen molar-refractivity contribution in [1.82, 2.24) is 9.78 Å². The molecule has 0 fully saturated rings. The molecule has 4 aromatic rings. The van der Waals surface area contributed by atoms with Gasteiger partial charge < -0.3 is 4.90 Å². The summed E-state index contributed by atoms with van der Waals surface area (Å²) in [5, 5.41) is 3.60. The number of amides is 1. The van der Waals surface area contributed by atoms with E-state index < -0.39 is 5.91 Å². The largest absolute Gasteiger partial charge is 0.372 e. The zero-order chi connectivity index (χ0) is 27.8. The van der Waals surface area contributed by atoms with E-state index in [1.807, 2.05) is 44.2 Å². The van der Waals surface area contributed by atoms with E-state index in [-0.39, 0.29) is 22.4 Å². The molecule has 3 aromatic carbocycles. The molecule has 1 N–H and O–H groups in total. The second-order valence-corrected chi connectivity index (χ2v) is 9.91. The highest BCUT2D eigenvalue weighted by molar-refractivity contribution is 6.62. The molecule has 0 saturated carbocycles. The number of H-pyrrole nitrogens is 1. The lowest BCUT2D eigenvalue weighted by molar-refractivity contribution is -0.111. The van der Waals surface area contributed by atoms with Gasteiger partial charge in [0.05, 0.1) is 22.6 Å². The number of para-hydroxylation sites is 1. The normalized spacial score (nSPS) is 14.2. The molecular weight excluding hydrogens is 510 g/mol. The maximum atomic E-state index is 14.1. The zero-order valence-electron chi connectivity index (χ0n) is 22.5. The fourth-order valence-electron chi connectivity index (χ4n) is 5.04. The lowest BCUT2D eigenvalue weighted by atomic mass is 9.98. The summed E-state index contributed by atoms with van der Waals surface area (Å²) in [7, 11) is 0. The molecule has 0 radical (unpaired) electrons. The third kappa shape index (κ3) is 4.59. The SMILES string of the molecule is C=C1C(=Nc2c(C)cc(N(CC)CC)cc2C)C(=O)N(c2cccc(Cl)c2)c2[nH]n(-c3ccccc3)c(=O)c21. The van der Waals surface area contributed by atoms with Crippen molar-refractivity contribution in [2.24, 2.45) is 4.99 Å². The van der Waals surface area contributed by atoms with Crippen LogP contribution in [0.3, 0.4) is 0 Å². The van der Waals surface area contributed by atoms with Gasteiger partial charge >= 0.3 is 0 Å². The van der Waals surface area contributed by atoms with Crippen molar-refractivity contribution in [1.29, 1.82) is 0 Å². The van der Waals surface area contributed by atoms with Gasteiger partial charge in [0, 0.05) is 29.4 Å². The Morgan fingerprint density at radius 1 is 0.923 bits per heavy atom. The van der Waals surface area contributed by atoms with Gasteiger partial charge in [-0.25, -0.2) is 9.67 Å². The van der Waals surface area contributed by atoms with Crippen LogP contribution in [0.5, 0.6) is 0 Å². The molecule has 0 spiro atoms. The average Bonchev–Trinajstić information content (AvgIpc) is 3.26. The lowest BCUT2D eigenvalue weighted by Crippen LogP contribution is -2.38. The summed E-state index contributed by atoms with van der Waals surface area (Å²) in [4.78, 5) is 36.4. The number of nitrogens with one attached hydrogen (secondary N) is 1. The van der Waals surface area contributed by atoms with E-state index in [1.165, 1.54) is 9.58 Å². The first-order valence-corrected chi connectivity index (χ1v) is 13.3. The Hall–Kier alpha value is -4.36. The second kappa shape index (κ2) is 10.4. The van der Waals surface area contributed by atoms with Crippen LogP contribution in [0.1, 0.15) is 30.5 Å². The van der Waals surface area contributed by atoms with Crippen LogP contribution in [0.25, 0.3) is 11.3 Å². The molecule has 1 amide bonds. The summed E-state index contributed by atoms with van der Waals surface area (Å²) < 4.78 is 1.42. The highest BCUT2D eigenvalue weighted by atomic mass is 35.5. The van der Waals surface area contributed by atoms with Gasteiger partial charge in [-0.3, -0.25) is 19.6 Å². The van der Waals surface area contributed by atoms with Gasteiger partial charge in [-0.2, -0.15) is 0 Å². The molecule has 198 valence electrons. The number of aryl methyl sites for hydroxylation is 2. The average molecular weight is 540 g/mol. The van der Waals surface area contributed by atoms with Crippen LogP contribution in [0.4, 0.5) is 22.9 Å². The Balaban J connectivity index is 1.72. The first-order valence-electron chi connectivity index (χ1n) is 12.9. The van der Waals surface area contributed by atoms with E-state index >= 15 is 0 Å². The smallest absolute Gasteiger partial charge is 0.283 e. The molecule has 1 aliphatic rings. The van der Waals surface area contributed by atoms with Gasteiger partial charge in [0.15, 0.2) is 0 Å². The number of halogens is 1. The Labute approximate surface area is 232 Å². The van der Waals surface area contributed by atoms with Gasteiger partial charge in [0.25, 0.3) is 11.5 Å². The number of fused-ring (bicyclic) bond motifs is 1. The third-order valence-corrected chi connectivity index (χ3v) is 7.23. The van der Waals surface area contributed by atoms with Crippen molar-refractivity contribution < 1.29 is 4.79 Å². The minimum absolute atomic E-state index is 0.112. The Morgan fingerprint density at radius 3 is 2.18 bits per heavy atom. The van der Waals surface area contributed by atoms with E-state index in [4.69, 9.17) is 16.6 Å². The Kier molecular flexibility index (Phi) is 7.02. The fourth-order valence-corrected chi connectivity index (χ4v) is 5.23. The first kappa shape index (κ1) is 26.3. The van der Waals surface area contributed by atoms with Crippen molar-refractivity contribution in [2.75, 3.05) is 22.9 Å². The number of hydrogen-bond donors (Lipinski definition) is 1. The van der Waals surface area contributed by atoms with Crippen LogP contribution in [0, 0.1) is 13.8 Å². The summed E-state index contributed by atoms with van der Waals surface area (Å²) in [5.41, 5.74) is 5.15. The predicted octanol–water partition coefficient (Wildman–Crippen LogP) is 6.75. The first-order chi connectivity index (χ1) is 18.7. The second-order valence-electron chi connectivity index (χ2n) is 9.47. The number of carbonyl (C=O) groups is 1. The summed E-state index contributed by atoms with van der Waals surface area (Å²) in [6, 6.07) is 20.3. The van der Waals surface area contributed by atoms with Crippen molar-refractivity contribution >= 4 is 51.7 Å². The molecule has 0 atom stereocenters. The number of nitrogens with zero attached hydrogens (tertiary/aromatic N) is 4. The molecule has 7 nitrogen and oxygen atoms in total. The quantitative estimate of drug-likeness (QED) is 0.294. The molecule has 1 aliphatic heterocycles. The highest BCUT2D eigenvalue weighted by Gasteiger charge is 2.38. The van der Waals surface area contributed by atoms with Gasteiger partial charge in [-0.15, -0.1) is 0 Å². The maximum Gasteiger partial charge on any atom is 0.283 e. The molecule has 0 saturated heterocycles. The van der Waals surface area contributed by atoms with Crippen LogP contribution in [-0.4, -0.2) is 34.5 Å². The monoisotopic (exact) mass is 539 g/mol. The predicted molar refractivity (Wildman–Crippen MR) is 161 cm³/mol. The molecule has 0 unspecified atom stereocenters. The minimum atomic E-state index is -0.400. The molecule has 39 heavy (non-hydrogen) atoms. The number of rotatable bonds is 6. The molecule has 0 bridgehead atoms. The van der Waals surface area contributed by atoms with E-state index in [0.29, 0.717) is 27.9 Å². The van der Waals surface area contributed by atoms with Crippen molar-refractivity contribution in [3.05, 3.63) is 105 Å². The molecule has 8 heteroatoms. The minimum Gasteiger partial charge on any atom is -0.372 e. The maximum absolute atomic E-state index is 14.1. The standard InChI is InChI=1S/C31H30ClN5O2/c1-6-35(7-2)25-16-19(3)27(20(4)17-25)33-28-21(5)26-29(34-37(30(26)38)23-13-9-8-10-14-23)36(31(28)39)24-15-11-12-22(32)18-24/h8-18,34H,5-7H2,1-4H3. The van der Waals surface area contributed by atoms with Crippen LogP contribution in [-0.2, 0) is 4.79 Å². The van der Waals surface area contributed by atoms with Gasteiger partial charge in [-0.05, 0) is 81.3 Å². The number of benzene rings is 3. The number of aromatic nitrogens is 2. The van der Waals surface area contributed by atoms with E-state index in [0.717, 1.165) is 29.9 Å². The fraction of sp³-hybridized carbons (Fsp3) is 0.194. The van der Waals surface area contributed by atoms with Crippen LogP contribution in [0.15, 0.2) is 83.1 Å². The van der Waals surface area contributed by atoms with Crippen molar-refractivity contribution in [3.8, 4) is 5.69 Å².